The topological polar surface area (TPSA) is 53.2 Å². The first-order valence-electron chi connectivity index (χ1n) is 15.1. The Balaban J connectivity index is 1.11. The van der Waals surface area contributed by atoms with Gasteiger partial charge in [0, 0.05) is 54.7 Å². The van der Waals surface area contributed by atoms with E-state index < -0.39 is 0 Å². The van der Waals surface area contributed by atoms with E-state index in [0.717, 1.165) is 82.6 Å². The first-order chi connectivity index (χ1) is 19.2. The van der Waals surface area contributed by atoms with Gasteiger partial charge in [-0.05, 0) is 112 Å². The molecular weight excluding hydrogens is 488 g/mol. The average Bonchev–Trinajstić information content (AvgIpc) is 3.56. The summed E-state index contributed by atoms with van der Waals surface area (Å²) < 4.78 is 5.67. The highest BCUT2D eigenvalue weighted by Gasteiger charge is 2.34. The molecule has 0 radical (unpaired) electrons. The second-order valence-electron chi connectivity index (χ2n) is 12.2. The summed E-state index contributed by atoms with van der Waals surface area (Å²) in [6.07, 6.45) is 10.2. The second-order valence-corrected chi connectivity index (χ2v) is 12.2. The third-order valence-corrected chi connectivity index (χ3v) is 9.52. The number of piperidine rings is 1. The molecule has 7 nitrogen and oxygen atoms in total. The summed E-state index contributed by atoms with van der Waals surface area (Å²) in [6.45, 7) is 7.19. The maximum absolute atomic E-state index is 6.30. The van der Waals surface area contributed by atoms with Crippen LogP contribution in [0, 0.1) is 11.8 Å². The van der Waals surface area contributed by atoms with Crippen LogP contribution in [-0.4, -0.2) is 73.0 Å². The molecule has 0 amide bonds. The van der Waals surface area contributed by atoms with Crippen molar-refractivity contribution < 1.29 is 14.4 Å². The van der Waals surface area contributed by atoms with Crippen molar-refractivity contribution in [3.8, 4) is 11.5 Å². The maximum atomic E-state index is 6.30. The first kappa shape index (κ1) is 25.4. The molecule has 2 fully saturated rings. The summed E-state index contributed by atoms with van der Waals surface area (Å²) in [5, 5.41) is 3.09. The number of hydrogen-bond donors (Lipinski definition) is 1. The van der Waals surface area contributed by atoms with Crippen molar-refractivity contribution in [1.82, 2.24) is 20.0 Å². The van der Waals surface area contributed by atoms with Crippen molar-refractivity contribution in [2.45, 2.75) is 51.0 Å². The molecule has 4 aliphatic heterocycles. The van der Waals surface area contributed by atoms with E-state index in [2.05, 4.69) is 64.4 Å². The van der Waals surface area contributed by atoms with E-state index in [0.29, 0.717) is 12.0 Å². The number of nitrogens with zero attached hydrogens (tertiary/aromatic N) is 3. The summed E-state index contributed by atoms with van der Waals surface area (Å²) in [7, 11) is 2.21. The van der Waals surface area contributed by atoms with Gasteiger partial charge < -0.3 is 24.3 Å². The molecule has 3 aromatic rings. The van der Waals surface area contributed by atoms with Crippen molar-refractivity contribution >= 4 is 10.9 Å². The van der Waals surface area contributed by atoms with Crippen LogP contribution in [-0.2, 0) is 17.6 Å². The number of hydrogen-bond acceptors (Lipinski definition) is 6. The summed E-state index contributed by atoms with van der Waals surface area (Å²) in [6, 6.07) is 13.6. The van der Waals surface area contributed by atoms with Gasteiger partial charge in [0.2, 0.25) is 0 Å². The highest BCUT2D eigenvalue weighted by molar-refractivity contribution is 5.83. The van der Waals surface area contributed by atoms with Gasteiger partial charge in [-0.15, -0.1) is 0 Å². The molecule has 0 saturated carbocycles. The van der Waals surface area contributed by atoms with E-state index in [-0.39, 0.29) is 0 Å². The molecule has 2 saturated heterocycles. The van der Waals surface area contributed by atoms with E-state index >= 15 is 0 Å². The average molecular weight is 531 g/mol. The minimum atomic E-state index is 0.377. The molecule has 39 heavy (non-hydrogen) atoms. The number of H-pyrrole nitrogens is 1. The summed E-state index contributed by atoms with van der Waals surface area (Å²) in [5.74, 6) is 3.10. The quantitative estimate of drug-likeness (QED) is 0.443. The number of benzene rings is 2. The zero-order valence-electron chi connectivity index (χ0n) is 23.2. The van der Waals surface area contributed by atoms with Gasteiger partial charge in [-0.3, -0.25) is 4.90 Å². The lowest BCUT2D eigenvalue weighted by Crippen LogP contribution is -2.40. The minimum absolute atomic E-state index is 0.377. The first-order valence-corrected chi connectivity index (χ1v) is 15.1. The molecule has 1 aromatic heterocycles. The van der Waals surface area contributed by atoms with Gasteiger partial charge in [0.15, 0.2) is 11.5 Å². The van der Waals surface area contributed by atoms with Gasteiger partial charge in [0.1, 0.15) is 0 Å². The Kier molecular flexibility index (Phi) is 7.24. The number of nitrogens with one attached hydrogen (secondary N) is 1. The lowest BCUT2D eigenvalue weighted by Gasteiger charge is -2.40. The third kappa shape index (κ3) is 5.42. The normalized spacial score (nSPS) is 23.5. The van der Waals surface area contributed by atoms with Gasteiger partial charge >= 0.3 is 0 Å². The van der Waals surface area contributed by atoms with Crippen molar-refractivity contribution in [3.05, 3.63) is 59.3 Å². The fourth-order valence-electron chi connectivity index (χ4n) is 7.12. The molecule has 7 heteroatoms. The Morgan fingerprint density at radius 3 is 2.51 bits per heavy atom. The van der Waals surface area contributed by atoms with Gasteiger partial charge in [0.05, 0.1) is 6.54 Å². The van der Waals surface area contributed by atoms with Gasteiger partial charge in [-0.1, -0.05) is 18.2 Å². The predicted octanol–water partition coefficient (Wildman–Crippen LogP) is 5.37. The van der Waals surface area contributed by atoms with E-state index in [1.54, 1.807) is 5.23 Å². The van der Waals surface area contributed by atoms with Crippen molar-refractivity contribution in [2.24, 2.45) is 11.8 Å². The van der Waals surface area contributed by atoms with Gasteiger partial charge in [-0.2, -0.15) is 0 Å². The van der Waals surface area contributed by atoms with Gasteiger partial charge in [-0.25, -0.2) is 0 Å². The molecule has 1 N–H and O–H groups in total. The molecule has 1 atom stereocenters. The smallest absolute Gasteiger partial charge is 0.196 e. The number of aromatic nitrogens is 1. The minimum Gasteiger partial charge on any atom is -0.381 e. The highest BCUT2D eigenvalue weighted by atomic mass is 17.0. The van der Waals surface area contributed by atoms with Crippen molar-refractivity contribution in [1.29, 1.82) is 0 Å². The van der Waals surface area contributed by atoms with Crippen LogP contribution in [0.4, 0.5) is 0 Å². The SMILES string of the molecule is CN1CCC(CN2Oc3cc4c(cc3O2)C(CCc2c[nH]c3ccccc23)N(CC2CCOCC2)CC4)CC1. The number of hydroxylamine groups is 2. The largest absolute Gasteiger partial charge is 0.381 e. The molecular formula is C32H42N4O3. The summed E-state index contributed by atoms with van der Waals surface area (Å²) >= 11 is 0. The maximum Gasteiger partial charge on any atom is 0.196 e. The van der Waals surface area contributed by atoms with Crippen LogP contribution in [0.2, 0.25) is 0 Å². The van der Waals surface area contributed by atoms with Crippen LogP contribution >= 0.6 is 0 Å². The Bertz CT molecular complexity index is 1280. The monoisotopic (exact) mass is 530 g/mol. The molecule has 4 aliphatic rings. The lowest BCUT2D eigenvalue weighted by atomic mass is 9.87. The fraction of sp³-hybridized carbons (Fsp3) is 0.562. The van der Waals surface area contributed by atoms with E-state index in [1.807, 2.05) is 0 Å². The predicted molar refractivity (Wildman–Crippen MR) is 153 cm³/mol. The van der Waals surface area contributed by atoms with E-state index in [9.17, 15) is 0 Å². The zero-order valence-corrected chi connectivity index (χ0v) is 23.2. The molecule has 1 unspecified atom stereocenters. The Labute approximate surface area is 231 Å². The highest BCUT2D eigenvalue weighted by Crippen LogP contribution is 2.44. The standard InChI is InChI=1S/C32H42N4O3/c1-34-13-8-23(9-14-34)22-36-38-31-18-25-10-15-35(21-24-11-16-37-17-12-24)30(28(25)19-32(31)39-36)7-6-26-20-33-29-5-3-2-4-27(26)29/h2-5,18-20,23-24,30,33H,6-17,21-22H2,1H3. The van der Waals surface area contributed by atoms with Crippen LogP contribution in [0.5, 0.6) is 11.5 Å². The Hall–Kier alpha value is -2.58. The fourth-order valence-corrected chi connectivity index (χ4v) is 7.12. The number of aromatic amines is 1. The summed E-state index contributed by atoms with van der Waals surface area (Å²) in [5.41, 5.74) is 5.49. The zero-order chi connectivity index (χ0) is 26.2. The molecule has 208 valence electrons. The van der Waals surface area contributed by atoms with Crippen LogP contribution in [0.25, 0.3) is 10.9 Å². The van der Waals surface area contributed by atoms with Gasteiger partial charge in [0.25, 0.3) is 0 Å². The summed E-state index contributed by atoms with van der Waals surface area (Å²) in [4.78, 5) is 21.2. The lowest BCUT2D eigenvalue weighted by molar-refractivity contribution is -0.234. The van der Waals surface area contributed by atoms with Crippen LogP contribution < -0.4 is 9.68 Å². The number of aryl methyl sites for hydroxylation is 1. The number of para-hydroxylation sites is 1. The number of rotatable bonds is 7. The third-order valence-electron chi connectivity index (χ3n) is 9.52. The van der Waals surface area contributed by atoms with Crippen LogP contribution in [0.1, 0.15) is 54.8 Å². The van der Waals surface area contributed by atoms with Crippen LogP contribution in [0.15, 0.2) is 42.6 Å². The second kappa shape index (κ2) is 11.1. The number of fused-ring (bicyclic) bond motifs is 3. The van der Waals surface area contributed by atoms with Crippen molar-refractivity contribution in [3.63, 3.8) is 0 Å². The van der Waals surface area contributed by atoms with E-state index in [1.165, 1.54) is 53.3 Å². The van der Waals surface area contributed by atoms with Crippen LogP contribution in [0.3, 0.4) is 0 Å². The molecule has 5 heterocycles. The molecule has 7 rings (SSSR count). The van der Waals surface area contributed by atoms with Crippen molar-refractivity contribution in [2.75, 3.05) is 53.0 Å². The Morgan fingerprint density at radius 1 is 0.897 bits per heavy atom. The number of ether oxygens (including phenoxy) is 1. The molecule has 0 bridgehead atoms. The molecule has 0 spiro atoms. The molecule has 2 aromatic carbocycles. The Morgan fingerprint density at radius 2 is 1.67 bits per heavy atom. The van der Waals surface area contributed by atoms with E-state index in [4.69, 9.17) is 14.4 Å². The number of likely N-dealkylation sites (tertiary alicyclic amines) is 1. The molecule has 0 aliphatic carbocycles.